The summed E-state index contributed by atoms with van der Waals surface area (Å²) in [4.78, 5) is 41.8. The zero-order valence-corrected chi connectivity index (χ0v) is 19.1. The molecule has 1 N–H and O–H groups in total. The molecule has 0 bridgehead atoms. The Bertz CT molecular complexity index is 981. The smallest absolute Gasteiger partial charge is 0.407 e. The molecule has 0 unspecified atom stereocenters. The van der Waals surface area contributed by atoms with Crippen LogP contribution in [-0.4, -0.2) is 72.5 Å². The average molecular weight is 464 g/mol. The van der Waals surface area contributed by atoms with Crippen molar-refractivity contribution in [3.63, 3.8) is 0 Å². The molecule has 0 spiro atoms. The van der Waals surface area contributed by atoms with Crippen LogP contribution in [0.25, 0.3) is 0 Å². The standard InChI is InChI=1S/C23H27ClFN3O4/c1-4-27(5-2)12-13-28(23(31)32)15-21(29)26(3)20-11-10-16(24)14-18(20)22(30)17-8-6-7-9-19(17)25/h6-11,14H,4-5,12-13,15H2,1-3H3,(H,31,32). The number of halogens is 2. The van der Waals surface area contributed by atoms with Crippen LogP contribution in [0.15, 0.2) is 42.5 Å². The highest BCUT2D eigenvalue weighted by Crippen LogP contribution is 2.27. The molecule has 0 aliphatic heterocycles. The Morgan fingerprint density at radius 3 is 2.25 bits per heavy atom. The summed E-state index contributed by atoms with van der Waals surface area (Å²) >= 11 is 6.06. The largest absolute Gasteiger partial charge is 0.465 e. The van der Waals surface area contributed by atoms with Gasteiger partial charge >= 0.3 is 6.09 Å². The number of amides is 2. The molecular formula is C23H27ClFN3O4. The second-order valence-electron chi connectivity index (χ2n) is 7.15. The molecule has 32 heavy (non-hydrogen) atoms. The van der Waals surface area contributed by atoms with Crippen LogP contribution in [0.2, 0.25) is 5.02 Å². The van der Waals surface area contributed by atoms with Gasteiger partial charge in [-0.15, -0.1) is 0 Å². The van der Waals surface area contributed by atoms with Crippen LogP contribution >= 0.6 is 11.6 Å². The van der Waals surface area contributed by atoms with E-state index in [4.69, 9.17) is 11.6 Å². The quantitative estimate of drug-likeness (QED) is 0.539. The molecule has 7 nitrogen and oxygen atoms in total. The molecule has 0 aliphatic carbocycles. The van der Waals surface area contributed by atoms with Crippen molar-refractivity contribution in [1.29, 1.82) is 0 Å². The van der Waals surface area contributed by atoms with Gasteiger partial charge in [-0.05, 0) is 43.4 Å². The van der Waals surface area contributed by atoms with Gasteiger partial charge in [-0.3, -0.25) is 14.5 Å². The number of anilines is 1. The lowest BCUT2D eigenvalue weighted by atomic mass is 10.0. The van der Waals surface area contributed by atoms with Crippen molar-refractivity contribution < 1.29 is 23.9 Å². The molecule has 2 amide bonds. The predicted octanol–water partition coefficient (Wildman–Crippen LogP) is 3.99. The number of rotatable bonds is 10. The molecule has 0 aromatic heterocycles. The highest BCUT2D eigenvalue weighted by molar-refractivity contribution is 6.31. The molecule has 9 heteroatoms. The third-order valence-electron chi connectivity index (χ3n) is 5.23. The number of hydrogen-bond acceptors (Lipinski definition) is 4. The van der Waals surface area contributed by atoms with Gasteiger partial charge < -0.3 is 14.9 Å². The number of carboxylic acid groups (broad SMARTS) is 1. The lowest BCUT2D eigenvalue weighted by Gasteiger charge is -2.26. The van der Waals surface area contributed by atoms with Crippen molar-refractivity contribution in [1.82, 2.24) is 9.80 Å². The number of carbonyl (C=O) groups is 3. The molecule has 172 valence electrons. The number of hydrogen-bond donors (Lipinski definition) is 1. The van der Waals surface area contributed by atoms with E-state index in [1.54, 1.807) is 0 Å². The van der Waals surface area contributed by atoms with Gasteiger partial charge in [0.25, 0.3) is 0 Å². The van der Waals surface area contributed by atoms with Gasteiger partial charge in [0.15, 0.2) is 5.78 Å². The minimum atomic E-state index is -1.21. The summed E-state index contributed by atoms with van der Waals surface area (Å²) in [5.74, 6) is -1.85. The Hall–Kier alpha value is -2.97. The monoisotopic (exact) mass is 463 g/mol. The summed E-state index contributed by atoms with van der Waals surface area (Å²) in [6.07, 6.45) is -1.21. The second-order valence-corrected chi connectivity index (χ2v) is 7.59. The lowest BCUT2D eigenvalue weighted by Crippen LogP contribution is -2.44. The van der Waals surface area contributed by atoms with Crippen molar-refractivity contribution in [2.45, 2.75) is 13.8 Å². The number of benzene rings is 2. The van der Waals surface area contributed by atoms with E-state index in [0.717, 1.165) is 18.0 Å². The van der Waals surface area contributed by atoms with Crippen molar-refractivity contribution in [2.24, 2.45) is 0 Å². The zero-order chi connectivity index (χ0) is 23.8. The van der Waals surface area contributed by atoms with E-state index in [1.807, 2.05) is 13.8 Å². The number of likely N-dealkylation sites (N-methyl/N-ethyl adjacent to an activating group) is 2. The van der Waals surface area contributed by atoms with Crippen LogP contribution in [0.5, 0.6) is 0 Å². The molecular weight excluding hydrogens is 437 g/mol. The normalized spacial score (nSPS) is 10.8. The van der Waals surface area contributed by atoms with Gasteiger partial charge in [-0.2, -0.15) is 0 Å². The van der Waals surface area contributed by atoms with E-state index < -0.39 is 23.6 Å². The van der Waals surface area contributed by atoms with E-state index in [1.165, 1.54) is 54.4 Å². The van der Waals surface area contributed by atoms with Crippen molar-refractivity contribution in [3.8, 4) is 0 Å². The Labute approximate surface area is 192 Å². The molecule has 0 atom stereocenters. The Morgan fingerprint density at radius 1 is 1.00 bits per heavy atom. The van der Waals surface area contributed by atoms with Gasteiger partial charge in [-0.1, -0.05) is 37.6 Å². The van der Waals surface area contributed by atoms with Crippen LogP contribution in [-0.2, 0) is 4.79 Å². The highest BCUT2D eigenvalue weighted by atomic mass is 35.5. The molecule has 0 aliphatic rings. The molecule has 0 fully saturated rings. The fraction of sp³-hybridized carbons (Fsp3) is 0.348. The van der Waals surface area contributed by atoms with Gasteiger partial charge in [0.2, 0.25) is 5.91 Å². The van der Waals surface area contributed by atoms with Crippen LogP contribution < -0.4 is 4.90 Å². The Kier molecular flexibility index (Phi) is 9.16. The average Bonchev–Trinajstić information content (AvgIpc) is 2.78. The zero-order valence-electron chi connectivity index (χ0n) is 18.3. The fourth-order valence-electron chi connectivity index (χ4n) is 3.22. The van der Waals surface area contributed by atoms with Crippen molar-refractivity contribution in [3.05, 3.63) is 64.4 Å². The first-order valence-electron chi connectivity index (χ1n) is 10.2. The molecule has 2 aromatic carbocycles. The lowest BCUT2D eigenvalue weighted by molar-refractivity contribution is -0.119. The van der Waals surface area contributed by atoms with Crippen LogP contribution in [0.3, 0.4) is 0 Å². The fourth-order valence-corrected chi connectivity index (χ4v) is 3.39. The Balaban J connectivity index is 2.27. The third-order valence-corrected chi connectivity index (χ3v) is 5.47. The van der Waals surface area contributed by atoms with Gasteiger partial charge in [-0.25, -0.2) is 9.18 Å². The summed E-state index contributed by atoms with van der Waals surface area (Å²) < 4.78 is 14.2. The van der Waals surface area contributed by atoms with Crippen LogP contribution in [0, 0.1) is 5.82 Å². The van der Waals surface area contributed by atoms with E-state index in [9.17, 15) is 23.9 Å². The molecule has 0 heterocycles. The minimum absolute atomic E-state index is 0.0449. The highest BCUT2D eigenvalue weighted by Gasteiger charge is 2.25. The van der Waals surface area contributed by atoms with Crippen molar-refractivity contribution >= 4 is 35.1 Å². The minimum Gasteiger partial charge on any atom is -0.465 e. The summed E-state index contributed by atoms with van der Waals surface area (Å²) in [6, 6.07) is 9.89. The van der Waals surface area contributed by atoms with E-state index >= 15 is 0 Å². The summed E-state index contributed by atoms with van der Waals surface area (Å²) in [5, 5.41) is 9.77. The van der Waals surface area contributed by atoms with Crippen LogP contribution in [0.4, 0.5) is 14.9 Å². The third kappa shape index (κ3) is 6.27. The molecule has 0 saturated carbocycles. The first-order valence-corrected chi connectivity index (χ1v) is 10.6. The summed E-state index contributed by atoms with van der Waals surface area (Å²) in [5.41, 5.74) is 0.105. The van der Waals surface area contributed by atoms with E-state index in [2.05, 4.69) is 4.90 Å². The molecule has 0 radical (unpaired) electrons. The number of nitrogens with zero attached hydrogens (tertiary/aromatic N) is 3. The topological polar surface area (TPSA) is 81.2 Å². The maximum Gasteiger partial charge on any atom is 0.407 e. The van der Waals surface area contributed by atoms with E-state index in [0.29, 0.717) is 6.54 Å². The SMILES string of the molecule is CCN(CC)CCN(CC(=O)N(C)c1ccc(Cl)cc1C(=O)c1ccccc1F)C(=O)O. The van der Waals surface area contributed by atoms with Gasteiger partial charge in [0.1, 0.15) is 12.4 Å². The number of ketones is 1. The van der Waals surface area contributed by atoms with E-state index in [-0.39, 0.29) is 34.9 Å². The second kappa shape index (κ2) is 11.6. The summed E-state index contributed by atoms with van der Waals surface area (Å²) in [7, 11) is 1.44. The molecule has 2 rings (SSSR count). The van der Waals surface area contributed by atoms with Gasteiger partial charge in [0.05, 0.1) is 11.3 Å². The summed E-state index contributed by atoms with van der Waals surface area (Å²) in [6.45, 7) is 5.76. The maximum atomic E-state index is 14.2. The van der Waals surface area contributed by atoms with Gasteiger partial charge in [0, 0.05) is 30.7 Å². The predicted molar refractivity (Wildman–Crippen MR) is 122 cm³/mol. The molecule has 2 aromatic rings. The Morgan fingerprint density at radius 2 is 1.66 bits per heavy atom. The van der Waals surface area contributed by atoms with Crippen molar-refractivity contribution in [2.75, 3.05) is 44.7 Å². The first kappa shape index (κ1) is 25.3. The van der Waals surface area contributed by atoms with Crippen LogP contribution in [0.1, 0.15) is 29.8 Å². The molecule has 0 saturated heterocycles. The maximum absolute atomic E-state index is 14.2. The number of carbonyl (C=O) groups excluding carboxylic acids is 2. The first-order chi connectivity index (χ1) is 15.2.